The SMILES string of the molecule is CCCCCCCCC1(CCCCCCCC)c2ccccc2-c2ccccc21.[B]1OC=CO1. The van der Waals surface area contributed by atoms with Gasteiger partial charge in [0, 0.05) is 5.41 Å². The van der Waals surface area contributed by atoms with Gasteiger partial charge in [0.15, 0.2) is 0 Å². The molecule has 0 fully saturated rings. The van der Waals surface area contributed by atoms with Crippen molar-refractivity contribution in [3.8, 4) is 11.1 Å². The first-order valence-electron chi connectivity index (χ1n) is 13.8. The van der Waals surface area contributed by atoms with E-state index in [0.29, 0.717) is 0 Å². The van der Waals surface area contributed by atoms with Crippen molar-refractivity contribution in [3.05, 3.63) is 72.2 Å². The van der Waals surface area contributed by atoms with E-state index in [1.54, 1.807) is 11.1 Å². The summed E-state index contributed by atoms with van der Waals surface area (Å²) in [6.07, 6.45) is 22.2. The van der Waals surface area contributed by atoms with Crippen LogP contribution in [0.2, 0.25) is 0 Å². The summed E-state index contributed by atoms with van der Waals surface area (Å²) in [5.41, 5.74) is 6.48. The first kappa shape index (κ1) is 26.4. The molecule has 1 radical (unpaired) electrons. The highest BCUT2D eigenvalue weighted by atomic mass is 16.6. The van der Waals surface area contributed by atoms with Gasteiger partial charge < -0.3 is 9.31 Å². The number of fused-ring (bicyclic) bond motifs is 3. The summed E-state index contributed by atoms with van der Waals surface area (Å²) < 4.78 is 8.83. The summed E-state index contributed by atoms with van der Waals surface area (Å²) in [5, 5.41) is 0. The van der Waals surface area contributed by atoms with E-state index in [-0.39, 0.29) is 5.41 Å². The molecule has 2 aromatic carbocycles. The first-order chi connectivity index (χ1) is 16.8. The summed E-state index contributed by atoms with van der Waals surface area (Å²) in [7, 11) is 1.25. The highest BCUT2D eigenvalue weighted by Gasteiger charge is 2.41. The zero-order valence-corrected chi connectivity index (χ0v) is 21.6. The van der Waals surface area contributed by atoms with Crippen LogP contribution < -0.4 is 0 Å². The normalized spacial score (nSPS) is 14.3. The molecule has 183 valence electrons. The maximum absolute atomic E-state index is 4.42. The van der Waals surface area contributed by atoms with Gasteiger partial charge in [0.05, 0.1) is 12.5 Å². The van der Waals surface area contributed by atoms with E-state index in [1.807, 2.05) is 0 Å². The molecule has 0 N–H and O–H groups in total. The average Bonchev–Trinajstić information content (AvgIpc) is 3.55. The molecule has 0 spiro atoms. The van der Waals surface area contributed by atoms with Crippen LogP contribution in [0.5, 0.6) is 0 Å². The van der Waals surface area contributed by atoms with Gasteiger partial charge in [0.25, 0.3) is 0 Å². The predicted octanol–water partition coefficient (Wildman–Crippen LogP) is 9.49. The lowest BCUT2D eigenvalue weighted by Gasteiger charge is -2.33. The van der Waals surface area contributed by atoms with E-state index in [4.69, 9.17) is 0 Å². The quantitative estimate of drug-likeness (QED) is 0.207. The van der Waals surface area contributed by atoms with Gasteiger partial charge in [-0.1, -0.05) is 139 Å². The Morgan fingerprint density at radius 2 is 0.971 bits per heavy atom. The second-order valence-corrected chi connectivity index (χ2v) is 9.85. The van der Waals surface area contributed by atoms with Crippen molar-refractivity contribution >= 4 is 7.69 Å². The minimum atomic E-state index is 0.253. The van der Waals surface area contributed by atoms with Crippen LogP contribution in [0.1, 0.15) is 115 Å². The van der Waals surface area contributed by atoms with E-state index in [9.17, 15) is 0 Å². The number of unbranched alkanes of at least 4 members (excludes halogenated alkanes) is 10. The smallest absolute Gasteiger partial charge is 0.530 e. The van der Waals surface area contributed by atoms with Crippen LogP contribution in [-0.2, 0) is 14.7 Å². The largest absolute Gasteiger partial charge is 0.657 e. The van der Waals surface area contributed by atoms with Crippen LogP contribution in [0, 0.1) is 0 Å². The van der Waals surface area contributed by atoms with E-state index in [1.165, 1.54) is 121 Å². The van der Waals surface area contributed by atoms with Crippen LogP contribution in [0.3, 0.4) is 0 Å². The number of hydrogen-bond donors (Lipinski definition) is 0. The topological polar surface area (TPSA) is 18.5 Å². The standard InChI is InChI=1S/C29H42.C2H2BO2/c1-3-5-7-9-11-17-23-29(24-18-12-10-8-6-4-2)27-21-15-13-19-25(27)26-20-14-16-22-28(26)29;1-2-5-3-4-1/h13-16,19-22H,3-12,17-18,23-24H2,1-2H3;1-2H. The third-order valence-electron chi connectivity index (χ3n) is 7.41. The molecular weight excluding hydrogens is 415 g/mol. The van der Waals surface area contributed by atoms with Crippen LogP contribution in [0.4, 0.5) is 0 Å². The summed E-state index contributed by atoms with van der Waals surface area (Å²) in [6.45, 7) is 4.61. The molecule has 1 aliphatic carbocycles. The highest BCUT2D eigenvalue weighted by Crippen LogP contribution is 2.53. The molecule has 34 heavy (non-hydrogen) atoms. The van der Waals surface area contributed by atoms with Crippen LogP contribution in [0.25, 0.3) is 11.1 Å². The van der Waals surface area contributed by atoms with Crippen LogP contribution in [0.15, 0.2) is 61.1 Å². The Labute approximate surface area is 209 Å². The highest BCUT2D eigenvalue weighted by molar-refractivity contribution is 6.19. The lowest BCUT2D eigenvalue weighted by Crippen LogP contribution is -2.25. The molecule has 0 saturated carbocycles. The molecule has 2 aliphatic rings. The zero-order chi connectivity index (χ0) is 23.9. The summed E-state index contributed by atoms with van der Waals surface area (Å²) in [6, 6.07) is 18.6. The average molecular weight is 460 g/mol. The van der Waals surface area contributed by atoms with Crippen molar-refractivity contribution in [1.82, 2.24) is 0 Å². The van der Waals surface area contributed by atoms with Crippen molar-refractivity contribution in [2.24, 2.45) is 0 Å². The minimum absolute atomic E-state index is 0.253. The fourth-order valence-corrected chi connectivity index (χ4v) is 5.65. The summed E-state index contributed by atoms with van der Waals surface area (Å²) in [4.78, 5) is 0. The molecule has 4 rings (SSSR count). The van der Waals surface area contributed by atoms with Gasteiger partial charge in [-0.15, -0.1) is 0 Å². The Kier molecular flexibility index (Phi) is 11.6. The maximum atomic E-state index is 4.42. The van der Waals surface area contributed by atoms with Gasteiger partial charge >= 0.3 is 7.69 Å². The van der Waals surface area contributed by atoms with Crippen molar-refractivity contribution < 1.29 is 9.31 Å². The Morgan fingerprint density at radius 1 is 0.559 bits per heavy atom. The van der Waals surface area contributed by atoms with Crippen molar-refractivity contribution in [3.63, 3.8) is 0 Å². The lowest BCUT2D eigenvalue weighted by atomic mass is 9.70. The fraction of sp³-hybridized carbons (Fsp3) is 0.548. The summed E-state index contributed by atoms with van der Waals surface area (Å²) in [5.74, 6) is 0. The lowest BCUT2D eigenvalue weighted by molar-refractivity contribution is 0.398. The molecule has 0 atom stereocenters. The molecule has 1 aliphatic heterocycles. The first-order valence-corrected chi connectivity index (χ1v) is 13.8. The minimum Gasteiger partial charge on any atom is -0.530 e. The van der Waals surface area contributed by atoms with Gasteiger partial charge in [0.2, 0.25) is 0 Å². The van der Waals surface area contributed by atoms with Crippen LogP contribution in [-0.4, -0.2) is 7.69 Å². The molecule has 2 aromatic rings. The predicted molar refractivity (Wildman–Crippen MR) is 146 cm³/mol. The number of benzene rings is 2. The van der Waals surface area contributed by atoms with E-state index < -0.39 is 0 Å². The molecule has 1 heterocycles. The molecule has 0 amide bonds. The molecule has 2 nitrogen and oxygen atoms in total. The molecule has 0 unspecified atom stereocenters. The van der Waals surface area contributed by atoms with E-state index >= 15 is 0 Å². The third kappa shape index (κ3) is 7.17. The monoisotopic (exact) mass is 459 g/mol. The van der Waals surface area contributed by atoms with Crippen molar-refractivity contribution in [2.45, 2.75) is 109 Å². The van der Waals surface area contributed by atoms with Gasteiger partial charge in [0.1, 0.15) is 0 Å². The molecule has 0 saturated heterocycles. The molecule has 0 bridgehead atoms. The Bertz CT molecular complexity index is 791. The van der Waals surface area contributed by atoms with Crippen molar-refractivity contribution in [1.29, 1.82) is 0 Å². The van der Waals surface area contributed by atoms with E-state index in [2.05, 4.69) is 71.7 Å². The van der Waals surface area contributed by atoms with Crippen molar-refractivity contribution in [2.75, 3.05) is 0 Å². The summed E-state index contributed by atoms with van der Waals surface area (Å²) >= 11 is 0. The number of rotatable bonds is 14. The van der Waals surface area contributed by atoms with Gasteiger partial charge in [-0.3, -0.25) is 0 Å². The third-order valence-corrected chi connectivity index (χ3v) is 7.41. The van der Waals surface area contributed by atoms with E-state index in [0.717, 1.165) is 0 Å². The Hall–Kier alpha value is -2.16. The van der Waals surface area contributed by atoms with Gasteiger partial charge in [-0.2, -0.15) is 0 Å². The van der Waals surface area contributed by atoms with Crippen LogP contribution >= 0.6 is 0 Å². The molecular formula is C31H44BO2. The fourth-order valence-electron chi connectivity index (χ4n) is 5.65. The van der Waals surface area contributed by atoms with Gasteiger partial charge in [-0.05, 0) is 35.1 Å². The molecule has 3 heteroatoms. The number of hydrogen-bond acceptors (Lipinski definition) is 2. The molecule has 0 aromatic heterocycles. The second-order valence-electron chi connectivity index (χ2n) is 9.85. The zero-order valence-electron chi connectivity index (χ0n) is 21.6. The second kappa shape index (κ2) is 15.0. The maximum Gasteiger partial charge on any atom is 0.657 e. The Balaban J connectivity index is 0.000000574. The van der Waals surface area contributed by atoms with Gasteiger partial charge in [-0.25, -0.2) is 0 Å². The Morgan fingerprint density at radius 3 is 1.38 bits per heavy atom.